The number of nitrogens with one attached hydrogen (secondary N) is 2. The van der Waals surface area contributed by atoms with Gasteiger partial charge < -0.3 is 20.0 Å². The molecule has 3 aromatic carbocycles. The molecule has 38 heavy (non-hydrogen) atoms. The first-order valence-corrected chi connectivity index (χ1v) is 15.0. The SMILES string of the molecule is CCN(CC)c1ccc(C(c2ccc(N(C)C)cc2)c2ccc(N(C)C)cc2)c(NC(=S)NS(C)(=O)=O)c1. The quantitative estimate of drug-likeness (QED) is 0.268. The van der Waals surface area contributed by atoms with Crippen molar-refractivity contribution < 1.29 is 8.42 Å². The third-order valence-corrected chi connectivity index (χ3v) is 7.40. The summed E-state index contributed by atoms with van der Waals surface area (Å²) in [6.45, 7) is 5.93. The molecule has 9 heteroatoms. The average molecular weight is 554 g/mol. The van der Waals surface area contributed by atoms with E-state index < -0.39 is 10.0 Å². The van der Waals surface area contributed by atoms with Crippen LogP contribution in [0.5, 0.6) is 0 Å². The molecule has 3 aromatic rings. The number of sulfonamides is 1. The van der Waals surface area contributed by atoms with E-state index >= 15 is 0 Å². The molecule has 7 nitrogen and oxygen atoms in total. The molecule has 0 aromatic heterocycles. The summed E-state index contributed by atoms with van der Waals surface area (Å²) in [5, 5.41) is 3.22. The zero-order chi connectivity index (χ0) is 28.0. The molecule has 0 radical (unpaired) electrons. The molecule has 0 unspecified atom stereocenters. The van der Waals surface area contributed by atoms with Gasteiger partial charge in [-0.05, 0) is 79.2 Å². The Bertz CT molecular complexity index is 1280. The first-order chi connectivity index (χ1) is 17.9. The Morgan fingerprint density at radius 3 is 1.63 bits per heavy atom. The van der Waals surface area contributed by atoms with Crippen molar-refractivity contribution in [1.82, 2.24) is 4.72 Å². The zero-order valence-electron chi connectivity index (χ0n) is 23.3. The van der Waals surface area contributed by atoms with Gasteiger partial charge in [-0.2, -0.15) is 0 Å². The highest BCUT2D eigenvalue weighted by Gasteiger charge is 2.22. The largest absolute Gasteiger partial charge is 0.378 e. The number of rotatable bonds is 10. The van der Waals surface area contributed by atoms with E-state index in [9.17, 15) is 8.42 Å². The number of benzene rings is 3. The molecule has 0 saturated carbocycles. The predicted octanol–water partition coefficient (Wildman–Crippen LogP) is 5.09. The highest BCUT2D eigenvalue weighted by atomic mass is 32.2. The fourth-order valence-electron chi connectivity index (χ4n) is 4.49. The molecular weight excluding hydrogens is 514 g/mol. The summed E-state index contributed by atoms with van der Waals surface area (Å²) < 4.78 is 26.2. The molecule has 0 aliphatic heterocycles. The van der Waals surface area contributed by atoms with Gasteiger partial charge in [-0.15, -0.1) is 0 Å². The smallest absolute Gasteiger partial charge is 0.231 e. The lowest BCUT2D eigenvalue weighted by atomic mass is 9.83. The maximum absolute atomic E-state index is 11.9. The standard InChI is InChI=1S/C29H39N5O2S2/c1-8-34(9-2)25-18-19-26(27(20-25)30-29(37)31-38(7,35)36)28(21-10-14-23(15-11-21)32(3)4)22-12-16-24(17-13-22)33(5)6/h10-20,28H,8-9H2,1-7H3,(H2,30,31,37). The number of hydrogen-bond acceptors (Lipinski definition) is 6. The summed E-state index contributed by atoms with van der Waals surface area (Å²) in [6.07, 6.45) is 1.09. The molecule has 0 amide bonds. The van der Waals surface area contributed by atoms with Gasteiger partial charge in [0.15, 0.2) is 5.11 Å². The second-order valence-corrected chi connectivity index (χ2v) is 11.8. The Morgan fingerprint density at radius 1 is 0.789 bits per heavy atom. The van der Waals surface area contributed by atoms with Crippen LogP contribution in [0.2, 0.25) is 0 Å². The van der Waals surface area contributed by atoms with Crippen LogP contribution < -0.4 is 24.7 Å². The molecule has 0 saturated heterocycles. The van der Waals surface area contributed by atoms with Crippen molar-refractivity contribution in [2.24, 2.45) is 0 Å². The van der Waals surface area contributed by atoms with Crippen LogP contribution in [0.15, 0.2) is 66.7 Å². The van der Waals surface area contributed by atoms with E-state index in [1.807, 2.05) is 34.3 Å². The Balaban J connectivity index is 2.21. The summed E-state index contributed by atoms with van der Waals surface area (Å²) in [5.41, 5.74) is 7.26. The van der Waals surface area contributed by atoms with Gasteiger partial charge in [0, 0.05) is 69.9 Å². The van der Waals surface area contributed by atoms with Gasteiger partial charge in [-0.25, -0.2) is 8.42 Å². The summed E-state index contributed by atoms with van der Waals surface area (Å²) in [6, 6.07) is 23.3. The molecule has 0 spiro atoms. The maximum atomic E-state index is 11.9. The van der Waals surface area contributed by atoms with Crippen molar-refractivity contribution in [3.05, 3.63) is 83.4 Å². The third kappa shape index (κ3) is 7.39. The second-order valence-electron chi connectivity index (χ2n) is 9.68. The Hall–Kier alpha value is -3.30. The fourth-order valence-corrected chi connectivity index (χ4v) is 5.44. The molecule has 204 valence electrons. The number of anilines is 4. The normalized spacial score (nSPS) is 11.3. The highest BCUT2D eigenvalue weighted by molar-refractivity contribution is 7.91. The third-order valence-electron chi connectivity index (χ3n) is 6.49. The molecule has 0 atom stereocenters. The van der Waals surface area contributed by atoms with Gasteiger partial charge in [-0.1, -0.05) is 30.3 Å². The van der Waals surface area contributed by atoms with E-state index in [4.69, 9.17) is 12.2 Å². The Kier molecular flexibility index (Phi) is 9.62. The van der Waals surface area contributed by atoms with Crippen molar-refractivity contribution in [2.45, 2.75) is 19.8 Å². The second kappa shape index (κ2) is 12.5. The lowest BCUT2D eigenvalue weighted by molar-refractivity contribution is 0.599. The van der Waals surface area contributed by atoms with Crippen LogP contribution in [0.4, 0.5) is 22.7 Å². The van der Waals surface area contributed by atoms with Crippen LogP contribution in [0.3, 0.4) is 0 Å². The lowest BCUT2D eigenvalue weighted by Crippen LogP contribution is -2.33. The van der Waals surface area contributed by atoms with Crippen LogP contribution in [0, 0.1) is 0 Å². The van der Waals surface area contributed by atoms with E-state index in [1.165, 1.54) is 0 Å². The van der Waals surface area contributed by atoms with Crippen molar-refractivity contribution in [3.8, 4) is 0 Å². The van der Waals surface area contributed by atoms with E-state index in [1.54, 1.807) is 0 Å². The summed E-state index contributed by atoms with van der Waals surface area (Å²) in [4.78, 5) is 6.40. The fraction of sp³-hybridized carbons (Fsp3) is 0.345. The summed E-state index contributed by atoms with van der Waals surface area (Å²) >= 11 is 5.39. The Labute approximate surface area is 233 Å². The number of hydrogen-bond donors (Lipinski definition) is 2. The Morgan fingerprint density at radius 2 is 1.24 bits per heavy atom. The minimum absolute atomic E-state index is 0.0371. The molecule has 0 bridgehead atoms. The van der Waals surface area contributed by atoms with Crippen LogP contribution in [-0.2, 0) is 10.0 Å². The summed E-state index contributed by atoms with van der Waals surface area (Å²) in [5.74, 6) is -0.114. The number of thiocarbonyl (C=S) groups is 1. The first-order valence-electron chi connectivity index (χ1n) is 12.7. The highest BCUT2D eigenvalue weighted by Crippen LogP contribution is 2.39. The van der Waals surface area contributed by atoms with Gasteiger partial charge in [0.2, 0.25) is 10.0 Å². The van der Waals surface area contributed by atoms with E-state index in [2.05, 4.69) is 99.2 Å². The number of nitrogens with zero attached hydrogens (tertiary/aromatic N) is 3. The molecule has 0 aliphatic carbocycles. The first kappa shape index (κ1) is 29.3. The van der Waals surface area contributed by atoms with Crippen molar-refractivity contribution in [3.63, 3.8) is 0 Å². The minimum atomic E-state index is -3.52. The molecule has 3 rings (SSSR count). The van der Waals surface area contributed by atoms with Crippen molar-refractivity contribution in [1.29, 1.82) is 0 Å². The monoisotopic (exact) mass is 553 g/mol. The molecule has 0 heterocycles. The predicted molar refractivity (Wildman–Crippen MR) is 167 cm³/mol. The van der Waals surface area contributed by atoms with E-state index in [0.717, 1.165) is 58.8 Å². The van der Waals surface area contributed by atoms with Crippen LogP contribution in [0.1, 0.15) is 36.5 Å². The minimum Gasteiger partial charge on any atom is -0.378 e. The molecule has 2 N–H and O–H groups in total. The van der Waals surface area contributed by atoms with Gasteiger partial charge >= 0.3 is 0 Å². The van der Waals surface area contributed by atoms with Crippen LogP contribution >= 0.6 is 12.2 Å². The van der Waals surface area contributed by atoms with Gasteiger partial charge in [0.1, 0.15) is 0 Å². The lowest BCUT2D eigenvalue weighted by Gasteiger charge is -2.27. The topological polar surface area (TPSA) is 67.9 Å². The van der Waals surface area contributed by atoms with Crippen LogP contribution in [-0.4, -0.2) is 61.1 Å². The molecular formula is C29H39N5O2S2. The van der Waals surface area contributed by atoms with Gasteiger partial charge in [0.25, 0.3) is 0 Å². The average Bonchev–Trinajstić information content (AvgIpc) is 2.85. The van der Waals surface area contributed by atoms with Gasteiger partial charge in [0.05, 0.1) is 6.26 Å². The van der Waals surface area contributed by atoms with E-state index in [-0.39, 0.29) is 11.0 Å². The van der Waals surface area contributed by atoms with Gasteiger partial charge in [-0.3, -0.25) is 4.72 Å². The van der Waals surface area contributed by atoms with Crippen LogP contribution in [0.25, 0.3) is 0 Å². The van der Waals surface area contributed by atoms with Crippen molar-refractivity contribution >= 4 is 50.1 Å². The van der Waals surface area contributed by atoms with E-state index in [0.29, 0.717) is 0 Å². The molecule has 0 aliphatic rings. The molecule has 0 fully saturated rings. The van der Waals surface area contributed by atoms with Crippen molar-refractivity contribution in [2.75, 3.05) is 67.6 Å². The summed E-state index contributed by atoms with van der Waals surface area (Å²) in [7, 11) is 4.58. The zero-order valence-corrected chi connectivity index (χ0v) is 25.0. The maximum Gasteiger partial charge on any atom is 0.231 e.